The third kappa shape index (κ3) is 23.8. The molecular formula is C23H44NNaO4. The molecule has 0 spiro atoms. The van der Waals surface area contributed by atoms with Gasteiger partial charge in [-0.05, 0) is 45.1 Å². The Morgan fingerprint density at radius 1 is 0.828 bits per heavy atom. The van der Waals surface area contributed by atoms with E-state index in [1.807, 2.05) is 0 Å². The first kappa shape index (κ1) is 30.8. The molecule has 0 rings (SSSR count). The van der Waals surface area contributed by atoms with Crippen LogP contribution in [0.2, 0.25) is 0 Å². The zero-order valence-corrected chi connectivity index (χ0v) is 21.0. The van der Waals surface area contributed by atoms with Crippen LogP contribution in [0.25, 0.3) is 0 Å². The van der Waals surface area contributed by atoms with Crippen molar-refractivity contribution in [3.8, 4) is 0 Å². The summed E-state index contributed by atoms with van der Waals surface area (Å²) < 4.78 is 0. The fourth-order valence-electron chi connectivity index (χ4n) is 3.23. The molecule has 0 saturated carbocycles. The first-order chi connectivity index (χ1) is 13.6. The maximum Gasteiger partial charge on any atom is 1.00 e. The number of carboxylic acid groups (broad SMARTS) is 2. The van der Waals surface area contributed by atoms with E-state index in [0.717, 1.165) is 12.8 Å². The normalized spacial score (nSPS) is 12.0. The number of rotatable bonds is 21. The van der Waals surface area contributed by atoms with Crippen molar-refractivity contribution in [1.29, 1.82) is 0 Å². The van der Waals surface area contributed by atoms with Crippen LogP contribution in [0.3, 0.4) is 0 Å². The summed E-state index contributed by atoms with van der Waals surface area (Å²) in [4.78, 5) is 21.6. The van der Waals surface area contributed by atoms with Gasteiger partial charge in [0.25, 0.3) is 0 Å². The predicted octanol–water partition coefficient (Wildman–Crippen LogP) is 3.05. The van der Waals surface area contributed by atoms with Gasteiger partial charge in [0.2, 0.25) is 0 Å². The van der Waals surface area contributed by atoms with Crippen molar-refractivity contribution in [1.82, 2.24) is 5.32 Å². The molecule has 0 amide bonds. The van der Waals surface area contributed by atoms with Crippen molar-refractivity contribution >= 4 is 11.9 Å². The molecule has 0 aromatic carbocycles. The van der Waals surface area contributed by atoms with Gasteiger partial charge in [-0.2, -0.15) is 0 Å². The predicted molar refractivity (Wildman–Crippen MR) is 117 cm³/mol. The molecule has 6 heteroatoms. The van der Waals surface area contributed by atoms with Gasteiger partial charge in [0.1, 0.15) is 6.04 Å². The molecular weight excluding hydrogens is 377 g/mol. The van der Waals surface area contributed by atoms with E-state index in [9.17, 15) is 9.59 Å². The molecule has 0 bridgehead atoms. The van der Waals surface area contributed by atoms with E-state index in [1.54, 1.807) is 0 Å². The van der Waals surface area contributed by atoms with Crippen molar-refractivity contribution in [3.05, 3.63) is 12.2 Å². The molecule has 0 aromatic rings. The van der Waals surface area contributed by atoms with E-state index >= 15 is 0 Å². The third-order valence-electron chi connectivity index (χ3n) is 5.02. The first-order valence-corrected chi connectivity index (χ1v) is 11.4. The number of nitrogens with one attached hydrogen (secondary N) is 1. The molecule has 0 unspecified atom stereocenters. The van der Waals surface area contributed by atoms with Crippen LogP contribution in [-0.2, 0) is 9.59 Å². The second kappa shape index (κ2) is 23.9. The van der Waals surface area contributed by atoms with Gasteiger partial charge >= 0.3 is 41.5 Å². The molecule has 0 radical (unpaired) electrons. The second-order valence-electron chi connectivity index (χ2n) is 7.72. The Morgan fingerprint density at radius 2 is 1.31 bits per heavy atom. The summed E-state index contributed by atoms with van der Waals surface area (Å²) in [6.07, 6.45) is 22.2. The SMILES string of the molecule is CCCCCCCC/C=C\CCCCCCCCN[C@H](CCC(=O)O)C(=O)O.[H-].[Na+]. The maximum absolute atomic E-state index is 11.1. The fraction of sp³-hybridized carbons (Fsp3) is 0.826. The van der Waals surface area contributed by atoms with E-state index in [1.165, 1.54) is 77.0 Å². The Hall–Kier alpha value is -0.360. The quantitative estimate of drug-likeness (QED) is 0.151. The number of allylic oxidation sites excluding steroid dienone is 2. The van der Waals surface area contributed by atoms with Gasteiger partial charge in [-0.3, -0.25) is 9.59 Å². The van der Waals surface area contributed by atoms with Crippen molar-refractivity contribution in [2.75, 3.05) is 6.54 Å². The Balaban J connectivity index is -0.00000364. The molecule has 29 heavy (non-hydrogen) atoms. The number of hydrogen-bond acceptors (Lipinski definition) is 3. The van der Waals surface area contributed by atoms with Crippen LogP contribution in [0.15, 0.2) is 12.2 Å². The summed E-state index contributed by atoms with van der Waals surface area (Å²) in [5.41, 5.74) is 0. The fourth-order valence-corrected chi connectivity index (χ4v) is 3.23. The summed E-state index contributed by atoms with van der Waals surface area (Å²) in [6.45, 7) is 2.89. The van der Waals surface area contributed by atoms with Gasteiger partial charge in [0.15, 0.2) is 0 Å². The van der Waals surface area contributed by atoms with E-state index < -0.39 is 18.0 Å². The zero-order valence-electron chi connectivity index (χ0n) is 20.0. The van der Waals surface area contributed by atoms with Gasteiger partial charge in [-0.15, -0.1) is 0 Å². The minimum absolute atomic E-state index is 0. The average Bonchev–Trinajstić information content (AvgIpc) is 2.66. The minimum Gasteiger partial charge on any atom is -1.00 e. The zero-order chi connectivity index (χ0) is 20.9. The summed E-state index contributed by atoms with van der Waals surface area (Å²) >= 11 is 0. The molecule has 3 N–H and O–H groups in total. The summed E-state index contributed by atoms with van der Waals surface area (Å²) in [5.74, 6) is -1.92. The molecule has 0 fully saturated rings. The molecule has 0 aliphatic heterocycles. The molecule has 166 valence electrons. The Bertz CT molecular complexity index is 422. The second-order valence-corrected chi connectivity index (χ2v) is 7.72. The maximum atomic E-state index is 11.1. The van der Waals surface area contributed by atoms with Crippen LogP contribution >= 0.6 is 0 Å². The monoisotopic (exact) mass is 421 g/mol. The number of carbonyl (C=O) groups is 2. The van der Waals surface area contributed by atoms with E-state index in [-0.39, 0.29) is 43.8 Å². The van der Waals surface area contributed by atoms with Crippen LogP contribution in [0.4, 0.5) is 0 Å². The van der Waals surface area contributed by atoms with E-state index in [0.29, 0.717) is 6.54 Å². The van der Waals surface area contributed by atoms with E-state index in [2.05, 4.69) is 24.4 Å². The van der Waals surface area contributed by atoms with Crippen molar-refractivity contribution in [2.45, 2.75) is 116 Å². The number of aliphatic carboxylic acids is 2. The molecule has 0 heterocycles. The molecule has 5 nitrogen and oxygen atoms in total. The Kier molecular flexibility index (Phi) is 25.4. The van der Waals surface area contributed by atoms with Gasteiger partial charge in [0, 0.05) is 6.42 Å². The molecule has 0 saturated heterocycles. The number of carboxylic acids is 2. The Labute approximate surface area is 201 Å². The van der Waals surface area contributed by atoms with Crippen molar-refractivity contribution in [2.24, 2.45) is 0 Å². The Morgan fingerprint density at radius 3 is 1.79 bits per heavy atom. The minimum atomic E-state index is -0.967. The van der Waals surface area contributed by atoms with Crippen molar-refractivity contribution < 1.29 is 50.8 Å². The number of unbranched alkanes of at least 4 members (excludes halogenated alkanes) is 12. The van der Waals surface area contributed by atoms with Crippen LogP contribution < -0.4 is 34.9 Å². The molecule has 0 aliphatic carbocycles. The average molecular weight is 422 g/mol. The van der Waals surface area contributed by atoms with Crippen LogP contribution in [0, 0.1) is 0 Å². The van der Waals surface area contributed by atoms with Crippen LogP contribution in [0.5, 0.6) is 0 Å². The smallest absolute Gasteiger partial charge is 1.00 e. The van der Waals surface area contributed by atoms with Crippen LogP contribution in [-0.4, -0.2) is 34.7 Å². The first-order valence-electron chi connectivity index (χ1n) is 11.4. The third-order valence-corrected chi connectivity index (χ3v) is 5.02. The topological polar surface area (TPSA) is 86.6 Å². The summed E-state index contributed by atoms with van der Waals surface area (Å²) in [7, 11) is 0. The molecule has 1 atom stereocenters. The van der Waals surface area contributed by atoms with Crippen LogP contribution in [0.1, 0.15) is 111 Å². The van der Waals surface area contributed by atoms with Gasteiger partial charge < -0.3 is 17.0 Å². The van der Waals surface area contributed by atoms with Gasteiger partial charge in [-0.25, -0.2) is 0 Å². The van der Waals surface area contributed by atoms with Crippen molar-refractivity contribution in [3.63, 3.8) is 0 Å². The summed E-state index contributed by atoms with van der Waals surface area (Å²) in [5, 5.41) is 20.7. The van der Waals surface area contributed by atoms with E-state index in [4.69, 9.17) is 10.2 Å². The number of hydrogen-bond donors (Lipinski definition) is 3. The molecule has 0 aliphatic rings. The molecule has 0 aromatic heterocycles. The largest absolute Gasteiger partial charge is 1.00 e. The standard InChI is InChI=1S/C23H43NO4.Na.H/c1-2-3-4-5-6-7-8-9-10-11-12-13-14-15-16-17-20-24-21(23(27)28)18-19-22(25)26;;/h9-10,21,24H,2-8,11-20H2,1H3,(H,25,26)(H,27,28);;/q;+1;-1/b10-9-;;/t21-;;/m1../s1. The summed E-state index contributed by atoms with van der Waals surface area (Å²) in [6, 6.07) is -0.751. The van der Waals surface area contributed by atoms with Gasteiger partial charge in [-0.1, -0.05) is 76.9 Å². The van der Waals surface area contributed by atoms with Gasteiger partial charge in [0.05, 0.1) is 0 Å².